The zero-order valence-corrected chi connectivity index (χ0v) is 19.4. The first-order valence-corrected chi connectivity index (χ1v) is 11.5. The molecule has 4 rings (SSSR count). The zero-order valence-electron chi connectivity index (χ0n) is 19.4. The molecule has 1 unspecified atom stereocenters. The number of hydrogen-bond acceptors (Lipinski definition) is 6. The molecule has 0 radical (unpaired) electrons. The van der Waals surface area contributed by atoms with Crippen LogP contribution in [-0.2, 0) is 9.53 Å². The fraction of sp³-hybridized carbons (Fsp3) is 0.400. The lowest BCUT2D eigenvalue weighted by molar-refractivity contribution is -0.124. The molecule has 1 fully saturated rings. The number of methoxy groups -OCH3 is 1. The number of piperidine rings is 1. The number of halogens is 1. The molecule has 35 heavy (non-hydrogen) atoms. The molecule has 9 nitrogen and oxygen atoms in total. The first-order chi connectivity index (χ1) is 17.0. The molecule has 186 valence electrons. The maximum absolute atomic E-state index is 13.2. The first-order valence-electron chi connectivity index (χ1n) is 11.5. The number of amides is 3. The normalized spacial score (nSPS) is 16.0. The van der Waals surface area contributed by atoms with Gasteiger partial charge >= 0.3 is 0 Å². The van der Waals surface area contributed by atoms with Gasteiger partial charge in [0.1, 0.15) is 11.9 Å². The molecule has 0 aliphatic carbocycles. The number of benzene rings is 2. The molecule has 1 saturated heterocycles. The quantitative estimate of drug-likeness (QED) is 0.554. The Kier molecular flexibility index (Phi) is 7.81. The molecule has 0 aromatic heterocycles. The number of nitrogens with zero attached hydrogens (tertiary/aromatic N) is 1. The zero-order chi connectivity index (χ0) is 24.8. The molecule has 0 saturated carbocycles. The summed E-state index contributed by atoms with van der Waals surface area (Å²) in [4.78, 5) is 40.4. The van der Waals surface area contributed by atoms with E-state index in [0.29, 0.717) is 56.1 Å². The lowest BCUT2D eigenvalue weighted by Crippen LogP contribution is -2.54. The molecule has 2 heterocycles. The lowest BCUT2D eigenvalue weighted by atomic mass is 9.88. The van der Waals surface area contributed by atoms with E-state index in [-0.39, 0.29) is 30.1 Å². The van der Waals surface area contributed by atoms with Crippen molar-refractivity contribution in [2.45, 2.75) is 18.9 Å². The van der Waals surface area contributed by atoms with Crippen molar-refractivity contribution >= 4 is 17.7 Å². The molecule has 1 atom stereocenters. The standard InChI is InChI=1S/C25H28FN3O6/c1-33-13-10-27-24(31)22(28-23(30)17-2-5-19(26)6-3-17)16-8-11-29(12-9-16)25(32)18-4-7-20-21(14-18)35-15-34-20/h2-7,14,16,22H,8-13,15H2,1H3,(H,27,31)(H,28,30). The van der Waals surface area contributed by atoms with Crippen LogP contribution >= 0.6 is 0 Å². The molecule has 2 aromatic carbocycles. The van der Waals surface area contributed by atoms with Crippen molar-refractivity contribution in [3.63, 3.8) is 0 Å². The van der Waals surface area contributed by atoms with Gasteiger partial charge in [0.25, 0.3) is 11.8 Å². The van der Waals surface area contributed by atoms with Crippen LogP contribution in [0, 0.1) is 11.7 Å². The third-order valence-corrected chi connectivity index (χ3v) is 6.20. The fourth-order valence-electron chi connectivity index (χ4n) is 4.26. The van der Waals surface area contributed by atoms with Crippen molar-refractivity contribution in [2.75, 3.05) is 40.1 Å². The van der Waals surface area contributed by atoms with Crippen molar-refractivity contribution in [2.24, 2.45) is 5.92 Å². The van der Waals surface area contributed by atoms with Crippen LogP contribution in [-0.4, -0.2) is 68.8 Å². The van der Waals surface area contributed by atoms with E-state index in [1.807, 2.05) is 0 Å². The van der Waals surface area contributed by atoms with Crippen molar-refractivity contribution in [1.29, 1.82) is 0 Å². The summed E-state index contributed by atoms with van der Waals surface area (Å²) in [6.07, 6.45) is 1.06. The second-order valence-corrected chi connectivity index (χ2v) is 8.44. The van der Waals surface area contributed by atoms with Crippen LogP contribution in [0.15, 0.2) is 42.5 Å². The van der Waals surface area contributed by atoms with Gasteiger partial charge < -0.3 is 29.7 Å². The Bertz CT molecular complexity index is 1070. The van der Waals surface area contributed by atoms with Gasteiger partial charge in [0.05, 0.1) is 6.61 Å². The van der Waals surface area contributed by atoms with Gasteiger partial charge in [0.2, 0.25) is 12.7 Å². The number of fused-ring (bicyclic) bond motifs is 1. The van der Waals surface area contributed by atoms with Crippen LogP contribution < -0.4 is 20.1 Å². The van der Waals surface area contributed by atoms with Gasteiger partial charge in [0.15, 0.2) is 11.5 Å². The highest BCUT2D eigenvalue weighted by atomic mass is 19.1. The molecular formula is C25H28FN3O6. The molecule has 10 heteroatoms. The van der Waals surface area contributed by atoms with Crippen LogP contribution in [0.1, 0.15) is 33.6 Å². The van der Waals surface area contributed by atoms with Crippen molar-refractivity contribution in [3.8, 4) is 11.5 Å². The third-order valence-electron chi connectivity index (χ3n) is 6.20. The molecule has 0 bridgehead atoms. The Labute approximate surface area is 202 Å². The molecule has 2 N–H and O–H groups in total. The number of rotatable bonds is 8. The number of nitrogens with one attached hydrogen (secondary N) is 2. The summed E-state index contributed by atoms with van der Waals surface area (Å²) in [5.41, 5.74) is 0.766. The van der Waals surface area contributed by atoms with E-state index in [0.717, 1.165) is 0 Å². The lowest BCUT2D eigenvalue weighted by Gasteiger charge is -2.36. The average Bonchev–Trinajstić information content (AvgIpc) is 3.35. The predicted octanol–water partition coefficient (Wildman–Crippen LogP) is 1.97. The van der Waals surface area contributed by atoms with Gasteiger partial charge in [-0.1, -0.05) is 0 Å². The summed E-state index contributed by atoms with van der Waals surface area (Å²) >= 11 is 0. The Morgan fingerprint density at radius 1 is 1.06 bits per heavy atom. The Balaban J connectivity index is 1.41. The number of carbonyl (C=O) groups is 3. The second kappa shape index (κ2) is 11.2. The first kappa shape index (κ1) is 24.5. The average molecular weight is 486 g/mol. The monoisotopic (exact) mass is 485 g/mol. The highest BCUT2D eigenvalue weighted by molar-refractivity contribution is 5.98. The number of hydrogen-bond donors (Lipinski definition) is 2. The molecular weight excluding hydrogens is 457 g/mol. The van der Waals surface area contributed by atoms with Crippen LogP contribution in [0.4, 0.5) is 4.39 Å². The summed E-state index contributed by atoms with van der Waals surface area (Å²) in [6.45, 7) is 1.65. The van der Waals surface area contributed by atoms with Gasteiger partial charge in [-0.2, -0.15) is 0 Å². The van der Waals surface area contributed by atoms with E-state index >= 15 is 0 Å². The molecule has 2 aliphatic heterocycles. The van der Waals surface area contributed by atoms with Crippen molar-refractivity contribution in [3.05, 3.63) is 59.4 Å². The van der Waals surface area contributed by atoms with E-state index in [1.54, 1.807) is 23.1 Å². The SMILES string of the molecule is COCCNC(=O)C(NC(=O)c1ccc(F)cc1)C1CCN(C(=O)c2ccc3c(c2)OCO3)CC1. The van der Waals surface area contributed by atoms with Gasteiger partial charge in [-0.15, -0.1) is 0 Å². The van der Waals surface area contributed by atoms with Crippen LogP contribution in [0.3, 0.4) is 0 Å². The second-order valence-electron chi connectivity index (χ2n) is 8.44. The predicted molar refractivity (Wildman–Crippen MR) is 124 cm³/mol. The van der Waals surface area contributed by atoms with E-state index < -0.39 is 17.8 Å². The summed E-state index contributed by atoms with van der Waals surface area (Å²) in [5.74, 6) is -0.383. The van der Waals surface area contributed by atoms with E-state index in [4.69, 9.17) is 14.2 Å². The molecule has 0 spiro atoms. The maximum atomic E-state index is 13.2. The van der Waals surface area contributed by atoms with Gasteiger partial charge in [-0.25, -0.2) is 4.39 Å². The Morgan fingerprint density at radius 2 is 1.74 bits per heavy atom. The third kappa shape index (κ3) is 5.89. The minimum Gasteiger partial charge on any atom is -0.454 e. The van der Waals surface area contributed by atoms with Gasteiger partial charge in [-0.3, -0.25) is 14.4 Å². The van der Waals surface area contributed by atoms with Gasteiger partial charge in [0, 0.05) is 37.9 Å². The van der Waals surface area contributed by atoms with E-state index in [2.05, 4.69) is 10.6 Å². The highest BCUT2D eigenvalue weighted by Crippen LogP contribution is 2.33. The van der Waals surface area contributed by atoms with Crippen LogP contribution in [0.2, 0.25) is 0 Å². The highest BCUT2D eigenvalue weighted by Gasteiger charge is 2.34. The smallest absolute Gasteiger partial charge is 0.253 e. The molecule has 2 aliphatic rings. The largest absolute Gasteiger partial charge is 0.454 e. The Morgan fingerprint density at radius 3 is 2.46 bits per heavy atom. The van der Waals surface area contributed by atoms with Crippen LogP contribution in [0.5, 0.6) is 11.5 Å². The molecule has 2 aromatic rings. The maximum Gasteiger partial charge on any atom is 0.253 e. The van der Waals surface area contributed by atoms with Gasteiger partial charge in [-0.05, 0) is 61.2 Å². The van der Waals surface area contributed by atoms with Crippen molar-refractivity contribution in [1.82, 2.24) is 15.5 Å². The minimum atomic E-state index is -0.799. The van der Waals surface area contributed by atoms with E-state index in [1.165, 1.54) is 31.4 Å². The van der Waals surface area contributed by atoms with E-state index in [9.17, 15) is 18.8 Å². The Hall–Kier alpha value is -3.66. The van der Waals surface area contributed by atoms with Crippen molar-refractivity contribution < 1.29 is 33.0 Å². The fourth-order valence-corrected chi connectivity index (χ4v) is 4.26. The summed E-state index contributed by atoms with van der Waals surface area (Å²) in [5, 5.41) is 5.59. The topological polar surface area (TPSA) is 106 Å². The summed E-state index contributed by atoms with van der Waals surface area (Å²) in [6, 6.07) is 9.43. The number of ether oxygens (including phenoxy) is 3. The minimum absolute atomic E-state index is 0.127. The van der Waals surface area contributed by atoms with Crippen LogP contribution in [0.25, 0.3) is 0 Å². The number of carbonyl (C=O) groups excluding carboxylic acids is 3. The summed E-state index contributed by atoms with van der Waals surface area (Å²) in [7, 11) is 1.53. The number of likely N-dealkylation sites (tertiary alicyclic amines) is 1. The summed E-state index contributed by atoms with van der Waals surface area (Å²) < 4.78 is 28.9. The molecule has 3 amide bonds.